The van der Waals surface area contributed by atoms with Crippen LogP contribution < -0.4 is 11.1 Å². The molecule has 0 aliphatic heterocycles. The number of nitrogens with two attached hydrogens (primary N) is 1. The Balaban J connectivity index is 0.000000215. The summed E-state index contributed by atoms with van der Waals surface area (Å²) in [6.45, 7) is 19.2. The van der Waals surface area contributed by atoms with Gasteiger partial charge in [0, 0.05) is 34.9 Å². The Morgan fingerprint density at radius 3 is 1.44 bits per heavy atom. The van der Waals surface area contributed by atoms with Gasteiger partial charge in [0.05, 0.1) is 9.79 Å². The summed E-state index contributed by atoms with van der Waals surface area (Å²) < 4.78 is 61.0. The number of nitrogens with zero attached hydrogens (tertiary/aromatic N) is 2. The normalized spacial score (nSPS) is 21.9. The highest BCUT2D eigenvalue weighted by atomic mass is 32.2. The molecule has 4 aliphatic rings. The highest BCUT2D eigenvalue weighted by molar-refractivity contribution is 7.90. The molecule has 0 radical (unpaired) electrons. The zero-order valence-corrected chi connectivity index (χ0v) is 37.0. The molecule has 310 valence electrons. The Hall–Kier alpha value is -3.87. The number of aromatic nitrogens is 2. The number of amides is 1. The highest BCUT2D eigenvalue weighted by Crippen LogP contribution is 2.54. The van der Waals surface area contributed by atoms with Gasteiger partial charge in [-0.25, -0.2) is 29.6 Å². The summed E-state index contributed by atoms with van der Waals surface area (Å²) in [6.07, 6.45) is 10.4. The molecule has 2 heterocycles. The second-order valence-electron chi connectivity index (χ2n) is 18.6. The van der Waals surface area contributed by atoms with Gasteiger partial charge in [-0.3, -0.25) is 0 Å². The quantitative estimate of drug-likeness (QED) is 0.164. The van der Waals surface area contributed by atoms with Gasteiger partial charge in [-0.15, -0.1) is 0 Å². The van der Waals surface area contributed by atoms with E-state index in [-0.39, 0.29) is 22.6 Å². The first kappa shape index (κ1) is 42.7. The van der Waals surface area contributed by atoms with Crippen LogP contribution in [0.15, 0.2) is 70.7 Å². The molecule has 10 nitrogen and oxygen atoms in total. The topological polar surface area (TPSA) is 142 Å². The number of carbonyl (C=O) groups is 1. The molecule has 0 atom stereocenters. The second-order valence-corrected chi connectivity index (χ2v) is 22.2. The van der Waals surface area contributed by atoms with Crippen molar-refractivity contribution in [3.05, 3.63) is 106 Å². The SMILES string of the molecule is Cc1ccc(S(=O)(=O)n2cc(CC(C)(C)N)c(C)c2C)cc1.Cc1ccc(S(=O)(=O)n2cc(CC(C)(C)NC(=O)OC3C4CC5CC(C4)CC3C5)c(C)c2C)cc1. The van der Waals surface area contributed by atoms with Crippen molar-refractivity contribution in [3.63, 3.8) is 0 Å². The molecule has 4 aliphatic carbocycles. The van der Waals surface area contributed by atoms with Gasteiger partial charge in [0.15, 0.2) is 0 Å². The fraction of sp³-hybridized carbons (Fsp3) is 0.533. The smallest absolute Gasteiger partial charge is 0.407 e. The van der Waals surface area contributed by atoms with Crippen LogP contribution in [0.3, 0.4) is 0 Å². The van der Waals surface area contributed by atoms with Crippen LogP contribution in [0.2, 0.25) is 0 Å². The number of nitrogens with one attached hydrogen (secondary N) is 1. The summed E-state index contributed by atoms with van der Waals surface area (Å²) in [7, 11) is -7.26. The number of ether oxygens (including phenoxy) is 1. The standard InChI is InChI=1S/C28H38N2O4S.C17H24N2O2S/c1-17-6-8-25(9-7-17)35(32,33)30-16-24(18(2)19(30)3)15-28(4,5)29-27(31)34-26-22-11-20-10-21(13-22)14-23(26)12-20;1-12-6-8-16(9-7-12)22(20,21)19-11-15(10-17(4,5)18)13(2)14(19)3/h6-9,16,20-23,26H,10-15H2,1-5H3,(H,29,31);6-9,11H,10,18H2,1-5H3. The average Bonchev–Trinajstić information content (AvgIpc) is 3.55. The molecule has 4 fully saturated rings. The van der Waals surface area contributed by atoms with Crippen LogP contribution in [0.25, 0.3) is 0 Å². The monoisotopic (exact) mass is 818 g/mol. The number of carbonyl (C=O) groups excluding carboxylic acids is 1. The lowest BCUT2D eigenvalue weighted by atomic mass is 9.55. The first-order chi connectivity index (χ1) is 26.4. The maximum Gasteiger partial charge on any atom is 0.407 e. The van der Waals surface area contributed by atoms with E-state index < -0.39 is 25.6 Å². The summed E-state index contributed by atoms with van der Waals surface area (Å²) in [4.78, 5) is 13.5. The Kier molecular flexibility index (Phi) is 11.8. The van der Waals surface area contributed by atoms with Crippen molar-refractivity contribution in [2.24, 2.45) is 29.4 Å². The Bertz CT molecular complexity index is 2300. The van der Waals surface area contributed by atoms with E-state index >= 15 is 0 Å². The van der Waals surface area contributed by atoms with Crippen molar-refractivity contribution in [1.29, 1.82) is 0 Å². The molecule has 3 N–H and O–H groups in total. The zero-order chi connectivity index (χ0) is 41.8. The fourth-order valence-electron chi connectivity index (χ4n) is 9.48. The largest absolute Gasteiger partial charge is 0.446 e. The minimum absolute atomic E-state index is 0.0447. The van der Waals surface area contributed by atoms with Crippen LogP contribution in [-0.2, 0) is 37.6 Å². The zero-order valence-electron chi connectivity index (χ0n) is 35.3. The number of hydrogen-bond acceptors (Lipinski definition) is 7. The van der Waals surface area contributed by atoms with Crippen LogP contribution in [0.4, 0.5) is 4.79 Å². The molecule has 0 spiro atoms. The number of rotatable bonds is 10. The van der Waals surface area contributed by atoms with E-state index in [4.69, 9.17) is 10.5 Å². The molecule has 12 heteroatoms. The van der Waals surface area contributed by atoms with Gasteiger partial charge < -0.3 is 15.8 Å². The van der Waals surface area contributed by atoms with Crippen LogP contribution in [0.5, 0.6) is 0 Å². The number of hydrogen-bond donors (Lipinski definition) is 2. The lowest BCUT2D eigenvalue weighted by molar-refractivity contribution is -0.0970. The van der Waals surface area contributed by atoms with Gasteiger partial charge in [-0.05, 0) is 184 Å². The first-order valence-electron chi connectivity index (χ1n) is 20.2. The minimum Gasteiger partial charge on any atom is -0.446 e. The second kappa shape index (κ2) is 15.7. The fourth-order valence-corrected chi connectivity index (χ4v) is 12.4. The van der Waals surface area contributed by atoms with Gasteiger partial charge >= 0.3 is 6.09 Å². The van der Waals surface area contributed by atoms with E-state index in [1.54, 1.807) is 36.7 Å². The van der Waals surface area contributed by atoms with E-state index in [0.717, 1.165) is 50.9 Å². The van der Waals surface area contributed by atoms with E-state index in [1.165, 1.54) is 40.0 Å². The van der Waals surface area contributed by atoms with E-state index in [0.29, 0.717) is 35.3 Å². The van der Waals surface area contributed by atoms with Crippen LogP contribution in [-0.4, -0.2) is 48.1 Å². The van der Waals surface area contributed by atoms with E-state index in [1.807, 2.05) is 93.5 Å². The maximum absolute atomic E-state index is 13.3. The average molecular weight is 819 g/mol. The molecule has 0 saturated heterocycles. The van der Waals surface area contributed by atoms with Crippen LogP contribution in [0, 0.1) is 65.2 Å². The third kappa shape index (κ3) is 9.23. The van der Waals surface area contributed by atoms with Gasteiger partial charge in [-0.1, -0.05) is 35.4 Å². The van der Waals surface area contributed by atoms with E-state index in [9.17, 15) is 21.6 Å². The maximum atomic E-state index is 13.3. The number of benzene rings is 2. The molecule has 4 bridgehead atoms. The van der Waals surface area contributed by atoms with E-state index in [2.05, 4.69) is 5.32 Å². The predicted molar refractivity (Wildman–Crippen MR) is 226 cm³/mol. The van der Waals surface area contributed by atoms with Crippen LogP contribution >= 0.6 is 0 Å². The third-order valence-electron chi connectivity index (χ3n) is 12.5. The number of aryl methyl sites for hydroxylation is 2. The summed E-state index contributed by atoms with van der Waals surface area (Å²) in [5, 5.41) is 3.08. The Morgan fingerprint density at radius 2 is 1.05 bits per heavy atom. The summed E-state index contributed by atoms with van der Waals surface area (Å²) in [5.74, 6) is 2.71. The van der Waals surface area contributed by atoms with Crippen molar-refractivity contribution in [3.8, 4) is 0 Å². The minimum atomic E-state index is -3.69. The predicted octanol–water partition coefficient (Wildman–Crippen LogP) is 8.45. The molecule has 4 saturated carbocycles. The summed E-state index contributed by atoms with van der Waals surface area (Å²) >= 11 is 0. The van der Waals surface area contributed by atoms with Gasteiger partial charge in [0.2, 0.25) is 0 Å². The van der Waals surface area contributed by atoms with Gasteiger partial charge in [-0.2, -0.15) is 0 Å². The van der Waals surface area contributed by atoms with Gasteiger partial charge in [0.25, 0.3) is 20.0 Å². The van der Waals surface area contributed by atoms with Crippen molar-refractivity contribution < 1.29 is 26.4 Å². The lowest BCUT2D eigenvalue weighted by Crippen LogP contribution is -2.53. The molecule has 0 unspecified atom stereocenters. The highest BCUT2D eigenvalue weighted by Gasteiger charge is 2.50. The van der Waals surface area contributed by atoms with Crippen molar-refractivity contribution in [2.45, 2.75) is 141 Å². The van der Waals surface area contributed by atoms with Crippen molar-refractivity contribution in [1.82, 2.24) is 13.3 Å². The molecule has 8 rings (SSSR count). The molecular formula is C45H62N4O6S2. The molecule has 2 aromatic heterocycles. The summed E-state index contributed by atoms with van der Waals surface area (Å²) in [6, 6.07) is 13.8. The molecule has 4 aromatic rings. The molecule has 2 aromatic carbocycles. The summed E-state index contributed by atoms with van der Waals surface area (Å²) in [5.41, 5.74) is 12.4. The molecule has 1 amide bonds. The first-order valence-corrected chi connectivity index (χ1v) is 23.1. The van der Waals surface area contributed by atoms with Crippen molar-refractivity contribution in [2.75, 3.05) is 0 Å². The third-order valence-corrected chi connectivity index (χ3v) is 16.0. The van der Waals surface area contributed by atoms with Crippen molar-refractivity contribution >= 4 is 26.1 Å². The van der Waals surface area contributed by atoms with Crippen LogP contribution in [0.1, 0.15) is 105 Å². The lowest BCUT2D eigenvalue weighted by Gasteiger charge is -2.53. The molecule has 57 heavy (non-hydrogen) atoms. The molecular weight excluding hydrogens is 757 g/mol. The number of alkyl carbamates (subject to hydrolysis) is 1. The Morgan fingerprint density at radius 1 is 0.667 bits per heavy atom. The Labute approximate surface area is 340 Å². The van der Waals surface area contributed by atoms with Gasteiger partial charge in [0.1, 0.15) is 6.10 Å².